The SMILES string of the molecule is COC(=O)c1cccn2c(-c3cccc(O)c3)nc(Cl)c12. The van der Waals surface area contributed by atoms with Crippen LogP contribution in [0.3, 0.4) is 0 Å². The fourth-order valence-electron chi connectivity index (χ4n) is 2.22. The van der Waals surface area contributed by atoms with E-state index < -0.39 is 5.97 Å². The van der Waals surface area contributed by atoms with Crippen LogP contribution in [-0.2, 0) is 4.74 Å². The number of esters is 1. The van der Waals surface area contributed by atoms with Crippen molar-refractivity contribution in [2.24, 2.45) is 0 Å². The molecule has 6 heteroatoms. The smallest absolute Gasteiger partial charge is 0.340 e. The number of rotatable bonds is 2. The van der Waals surface area contributed by atoms with E-state index in [0.29, 0.717) is 22.5 Å². The monoisotopic (exact) mass is 302 g/mol. The van der Waals surface area contributed by atoms with Crippen molar-refractivity contribution in [2.75, 3.05) is 7.11 Å². The molecule has 106 valence electrons. The molecule has 0 bridgehead atoms. The molecule has 0 radical (unpaired) electrons. The summed E-state index contributed by atoms with van der Waals surface area (Å²) >= 11 is 6.17. The lowest BCUT2D eigenvalue weighted by atomic mass is 10.2. The summed E-state index contributed by atoms with van der Waals surface area (Å²) in [4.78, 5) is 16.1. The van der Waals surface area contributed by atoms with Gasteiger partial charge in [-0.05, 0) is 24.3 Å². The number of aromatic nitrogens is 2. The molecule has 21 heavy (non-hydrogen) atoms. The Balaban J connectivity index is 2.30. The van der Waals surface area contributed by atoms with Crippen molar-refractivity contribution in [2.45, 2.75) is 0 Å². The molecule has 0 atom stereocenters. The highest BCUT2D eigenvalue weighted by atomic mass is 35.5. The van der Waals surface area contributed by atoms with Crippen molar-refractivity contribution in [3.63, 3.8) is 0 Å². The first-order valence-electron chi connectivity index (χ1n) is 6.16. The van der Waals surface area contributed by atoms with Crippen molar-refractivity contribution in [3.05, 3.63) is 53.3 Å². The first-order valence-corrected chi connectivity index (χ1v) is 6.54. The number of carbonyl (C=O) groups is 1. The van der Waals surface area contributed by atoms with Crippen LogP contribution in [0.4, 0.5) is 0 Å². The predicted octanol–water partition coefficient (Wildman–Crippen LogP) is 3.15. The van der Waals surface area contributed by atoms with Crippen molar-refractivity contribution in [1.82, 2.24) is 9.38 Å². The van der Waals surface area contributed by atoms with Gasteiger partial charge in [0.15, 0.2) is 5.15 Å². The topological polar surface area (TPSA) is 63.8 Å². The molecular formula is C15H11ClN2O3. The number of imidazole rings is 1. The largest absolute Gasteiger partial charge is 0.508 e. The lowest BCUT2D eigenvalue weighted by molar-refractivity contribution is 0.0602. The van der Waals surface area contributed by atoms with Gasteiger partial charge in [0.05, 0.1) is 18.2 Å². The Hall–Kier alpha value is -2.53. The Morgan fingerprint density at radius 3 is 2.86 bits per heavy atom. The third-order valence-electron chi connectivity index (χ3n) is 3.13. The maximum Gasteiger partial charge on any atom is 0.340 e. The summed E-state index contributed by atoms with van der Waals surface area (Å²) in [6.45, 7) is 0. The summed E-state index contributed by atoms with van der Waals surface area (Å²) in [5, 5.41) is 9.79. The van der Waals surface area contributed by atoms with Crippen LogP contribution in [0, 0.1) is 0 Å². The zero-order valence-corrected chi connectivity index (χ0v) is 11.8. The summed E-state index contributed by atoms with van der Waals surface area (Å²) < 4.78 is 6.45. The minimum absolute atomic E-state index is 0.129. The van der Waals surface area contributed by atoms with Gasteiger partial charge in [-0.2, -0.15) is 0 Å². The molecule has 1 aromatic carbocycles. The normalized spacial score (nSPS) is 10.8. The van der Waals surface area contributed by atoms with E-state index in [9.17, 15) is 9.90 Å². The highest BCUT2D eigenvalue weighted by Crippen LogP contribution is 2.29. The Morgan fingerprint density at radius 1 is 1.33 bits per heavy atom. The highest BCUT2D eigenvalue weighted by Gasteiger charge is 2.18. The van der Waals surface area contributed by atoms with E-state index in [1.54, 1.807) is 47.0 Å². The summed E-state index contributed by atoms with van der Waals surface area (Å²) in [5.74, 6) is 0.186. The number of hydrogen-bond donors (Lipinski definition) is 1. The Bertz CT molecular complexity index is 842. The quantitative estimate of drug-likeness (QED) is 0.739. The third kappa shape index (κ3) is 2.21. The molecule has 0 aliphatic rings. The van der Waals surface area contributed by atoms with Crippen LogP contribution in [0.5, 0.6) is 5.75 Å². The predicted molar refractivity (Wildman–Crippen MR) is 78.6 cm³/mol. The first-order chi connectivity index (χ1) is 10.1. The summed E-state index contributed by atoms with van der Waals surface area (Å²) in [6, 6.07) is 10.0. The number of phenols is 1. The van der Waals surface area contributed by atoms with E-state index in [0.717, 1.165) is 0 Å². The van der Waals surface area contributed by atoms with Gasteiger partial charge in [-0.15, -0.1) is 0 Å². The molecule has 0 unspecified atom stereocenters. The number of ether oxygens (including phenoxy) is 1. The van der Waals surface area contributed by atoms with Gasteiger partial charge in [-0.3, -0.25) is 4.40 Å². The Kier molecular flexibility index (Phi) is 3.27. The molecular weight excluding hydrogens is 292 g/mol. The zero-order valence-electron chi connectivity index (χ0n) is 11.1. The maximum absolute atomic E-state index is 11.8. The lowest BCUT2D eigenvalue weighted by Crippen LogP contribution is -2.03. The van der Waals surface area contributed by atoms with E-state index in [4.69, 9.17) is 16.3 Å². The number of pyridine rings is 1. The molecule has 0 saturated heterocycles. The summed E-state index contributed by atoms with van der Waals surface area (Å²) in [6.07, 6.45) is 1.75. The fraction of sp³-hybridized carbons (Fsp3) is 0.0667. The second-order valence-electron chi connectivity index (χ2n) is 4.41. The van der Waals surface area contributed by atoms with Crippen LogP contribution in [0.1, 0.15) is 10.4 Å². The number of benzene rings is 1. The number of carbonyl (C=O) groups excluding carboxylic acids is 1. The minimum atomic E-state index is -0.482. The van der Waals surface area contributed by atoms with Crippen molar-refractivity contribution in [1.29, 1.82) is 0 Å². The van der Waals surface area contributed by atoms with E-state index in [1.165, 1.54) is 7.11 Å². The van der Waals surface area contributed by atoms with Crippen LogP contribution >= 0.6 is 11.6 Å². The van der Waals surface area contributed by atoms with E-state index >= 15 is 0 Å². The van der Waals surface area contributed by atoms with Crippen molar-refractivity contribution < 1.29 is 14.6 Å². The zero-order chi connectivity index (χ0) is 15.0. The minimum Gasteiger partial charge on any atom is -0.508 e. The highest BCUT2D eigenvalue weighted by molar-refractivity contribution is 6.33. The first kappa shape index (κ1) is 13.5. The van der Waals surface area contributed by atoms with Gasteiger partial charge in [0.25, 0.3) is 0 Å². The third-order valence-corrected chi connectivity index (χ3v) is 3.39. The molecule has 0 fully saturated rings. The molecule has 5 nitrogen and oxygen atoms in total. The van der Waals surface area contributed by atoms with Crippen molar-refractivity contribution in [3.8, 4) is 17.1 Å². The molecule has 0 saturated carbocycles. The second kappa shape index (κ2) is 5.10. The Morgan fingerprint density at radius 2 is 2.14 bits per heavy atom. The molecule has 3 aromatic rings. The number of nitrogens with zero attached hydrogens (tertiary/aromatic N) is 2. The van der Waals surface area contributed by atoms with Gasteiger partial charge in [-0.25, -0.2) is 9.78 Å². The fourth-order valence-corrected chi connectivity index (χ4v) is 2.49. The van der Waals surface area contributed by atoms with Crippen LogP contribution in [0.2, 0.25) is 5.15 Å². The number of halogens is 1. The van der Waals surface area contributed by atoms with Crippen LogP contribution in [0.15, 0.2) is 42.6 Å². The average molecular weight is 303 g/mol. The number of methoxy groups -OCH3 is 1. The van der Waals surface area contributed by atoms with Gasteiger partial charge in [-0.1, -0.05) is 23.7 Å². The number of aromatic hydroxyl groups is 1. The number of phenolic OH excluding ortho intramolecular Hbond substituents is 1. The van der Waals surface area contributed by atoms with E-state index in [2.05, 4.69) is 4.98 Å². The molecule has 0 amide bonds. The van der Waals surface area contributed by atoms with Gasteiger partial charge < -0.3 is 9.84 Å². The molecule has 3 rings (SSSR count). The van der Waals surface area contributed by atoms with Crippen LogP contribution in [0.25, 0.3) is 16.9 Å². The standard InChI is InChI=1S/C15H11ClN2O3/c1-21-15(20)11-6-3-7-18-12(11)13(16)17-14(18)9-4-2-5-10(19)8-9/h2-8,19H,1H3. The second-order valence-corrected chi connectivity index (χ2v) is 4.77. The lowest BCUT2D eigenvalue weighted by Gasteiger charge is -2.05. The van der Waals surface area contributed by atoms with Gasteiger partial charge in [0.1, 0.15) is 11.6 Å². The Labute approximate surface area is 125 Å². The summed E-state index contributed by atoms with van der Waals surface area (Å²) in [5.41, 5.74) is 1.51. The van der Waals surface area contributed by atoms with Crippen LogP contribution < -0.4 is 0 Å². The molecule has 2 heterocycles. The van der Waals surface area contributed by atoms with Gasteiger partial charge in [0, 0.05) is 11.8 Å². The average Bonchev–Trinajstić information content (AvgIpc) is 2.84. The van der Waals surface area contributed by atoms with E-state index in [1.807, 2.05) is 0 Å². The number of fused-ring (bicyclic) bond motifs is 1. The molecule has 1 N–H and O–H groups in total. The number of hydrogen-bond acceptors (Lipinski definition) is 4. The van der Waals surface area contributed by atoms with Crippen molar-refractivity contribution >= 4 is 23.1 Å². The van der Waals surface area contributed by atoms with E-state index in [-0.39, 0.29) is 10.9 Å². The molecule has 0 spiro atoms. The molecule has 0 aliphatic carbocycles. The molecule has 0 aliphatic heterocycles. The summed E-state index contributed by atoms with van der Waals surface area (Å²) in [7, 11) is 1.31. The van der Waals surface area contributed by atoms with Crippen LogP contribution in [-0.4, -0.2) is 27.6 Å². The maximum atomic E-state index is 11.8. The van der Waals surface area contributed by atoms with Gasteiger partial charge >= 0.3 is 5.97 Å². The van der Waals surface area contributed by atoms with Gasteiger partial charge in [0.2, 0.25) is 0 Å². The molecule has 2 aromatic heterocycles.